The topological polar surface area (TPSA) is 86.8 Å². The lowest BCUT2D eigenvalue weighted by molar-refractivity contribution is 0.584. The second kappa shape index (κ2) is 7.10. The van der Waals surface area contributed by atoms with Gasteiger partial charge in [-0.25, -0.2) is 17.4 Å². The summed E-state index contributed by atoms with van der Waals surface area (Å²) in [7, 11) is -5.88. The standard InChI is InChI=1S/C17H19N3O4S2/c1-19-16-9-5-6-10-17(16)20(26(19,23)24)13-12-18-25(21,22)14-11-15-7-3-2-4-8-15/h2-11,14,18H,12-13H2,1H3/b14-11+. The molecule has 0 unspecified atom stereocenters. The first-order chi connectivity index (χ1) is 12.3. The molecular weight excluding hydrogens is 374 g/mol. The summed E-state index contributed by atoms with van der Waals surface area (Å²) in [6, 6.07) is 15.9. The number of rotatable bonds is 6. The van der Waals surface area contributed by atoms with E-state index in [0.717, 1.165) is 11.0 Å². The minimum absolute atomic E-state index is 0.00208. The van der Waals surface area contributed by atoms with E-state index in [2.05, 4.69) is 4.72 Å². The number of anilines is 2. The number of fused-ring (bicyclic) bond motifs is 1. The van der Waals surface area contributed by atoms with Gasteiger partial charge in [-0.3, -0.25) is 4.31 Å². The smallest absolute Gasteiger partial charge is 0.254 e. The van der Waals surface area contributed by atoms with Crippen LogP contribution in [0.1, 0.15) is 5.56 Å². The monoisotopic (exact) mass is 393 g/mol. The van der Waals surface area contributed by atoms with Gasteiger partial charge >= 0.3 is 10.2 Å². The summed E-state index contributed by atoms with van der Waals surface area (Å²) >= 11 is 0. The van der Waals surface area contributed by atoms with Crippen LogP contribution in [0.4, 0.5) is 11.4 Å². The Labute approximate surface area is 153 Å². The number of para-hydroxylation sites is 2. The number of nitrogens with zero attached hydrogens (tertiary/aromatic N) is 2. The molecule has 0 amide bonds. The maximum absolute atomic E-state index is 12.5. The molecule has 1 N–H and O–H groups in total. The third-order valence-electron chi connectivity index (χ3n) is 3.97. The molecule has 1 aliphatic rings. The molecule has 138 valence electrons. The van der Waals surface area contributed by atoms with Crippen LogP contribution in [-0.4, -0.2) is 37.0 Å². The van der Waals surface area contributed by atoms with E-state index in [1.807, 2.05) is 18.2 Å². The zero-order valence-electron chi connectivity index (χ0n) is 14.1. The van der Waals surface area contributed by atoms with Crippen molar-refractivity contribution in [2.75, 3.05) is 28.7 Å². The summed E-state index contributed by atoms with van der Waals surface area (Å²) in [4.78, 5) is 0. The molecule has 26 heavy (non-hydrogen) atoms. The van der Waals surface area contributed by atoms with Crippen molar-refractivity contribution >= 4 is 37.7 Å². The molecule has 2 aromatic carbocycles. The summed E-state index contributed by atoms with van der Waals surface area (Å²) in [5.41, 5.74) is 1.86. The fourth-order valence-corrected chi connectivity index (χ4v) is 4.88. The Morgan fingerprint density at radius 3 is 2.31 bits per heavy atom. The van der Waals surface area contributed by atoms with Crippen molar-refractivity contribution in [3.63, 3.8) is 0 Å². The Balaban J connectivity index is 1.67. The highest BCUT2D eigenvalue weighted by Crippen LogP contribution is 2.38. The molecule has 1 aliphatic heterocycles. The molecule has 0 aromatic heterocycles. The predicted octanol–water partition coefficient (Wildman–Crippen LogP) is 1.78. The average molecular weight is 393 g/mol. The predicted molar refractivity (Wildman–Crippen MR) is 104 cm³/mol. The van der Waals surface area contributed by atoms with Crippen molar-refractivity contribution < 1.29 is 16.8 Å². The van der Waals surface area contributed by atoms with Crippen LogP contribution in [0.15, 0.2) is 60.0 Å². The van der Waals surface area contributed by atoms with Crippen LogP contribution in [0.25, 0.3) is 6.08 Å². The zero-order valence-corrected chi connectivity index (χ0v) is 15.7. The molecule has 7 nitrogen and oxygen atoms in total. The number of sulfonamides is 1. The molecule has 0 saturated carbocycles. The molecule has 0 saturated heterocycles. The molecule has 2 aromatic rings. The van der Waals surface area contributed by atoms with Crippen LogP contribution >= 0.6 is 0 Å². The van der Waals surface area contributed by atoms with E-state index in [9.17, 15) is 16.8 Å². The Morgan fingerprint density at radius 2 is 1.62 bits per heavy atom. The lowest BCUT2D eigenvalue weighted by Crippen LogP contribution is -2.40. The minimum Gasteiger partial charge on any atom is -0.254 e. The zero-order chi connectivity index (χ0) is 18.8. The first kappa shape index (κ1) is 18.4. The van der Waals surface area contributed by atoms with Gasteiger partial charge < -0.3 is 0 Å². The SMILES string of the molecule is CN1c2ccccc2N(CCNS(=O)(=O)/C=C/c2ccccc2)S1(=O)=O. The molecule has 0 spiro atoms. The fourth-order valence-electron chi connectivity index (χ4n) is 2.64. The quantitative estimate of drug-likeness (QED) is 0.810. The normalized spacial score (nSPS) is 16.2. The van der Waals surface area contributed by atoms with E-state index in [4.69, 9.17) is 0 Å². The van der Waals surface area contributed by atoms with Gasteiger partial charge in [0.2, 0.25) is 10.0 Å². The van der Waals surface area contributed by atoms with Gasteiger partial charge in [-0.05, 0) is 23.8 Å². The minimum atomic E-state index is -3.68. The molecule has 1 heterocycles. The largest absolute Gasteiger partial charge is 0.326 e. The van der Waals surface area contributed by atoms with Crippen molar-refractivity contribution in [1.82, 2.24) is 4.72 Å². The van der Waals surface area contributed by atoms with Crippen molar-refractivity contribution in [3.8, 4) is 0 Å². The lowest BCUT2D eigenvalue weighted by Gasteiger charge is -2.19. The van der Waals surface area contributed by atoms with Crippen LogP contribution in [0.2, 0.25) is 0 Å². The highest BCUT2D eigenvalue weighted by Gasteiger charge is 2.37. The summed E-state index contributed by atoms with van der Waals surface area (Å²) in [6.45, 7) is -0.0367. The molecule has 0 atom stereocenters. The van der Waals surface area contributed by atoms with E-state index < -0.39 is 20.2 Å². The van der Waals surface area contributed by atoms with E-state index in [0.29, 0.717) is 11.4 Å². The Bertz CT molecular complexity index is 1020. The maximum atomic E-state index is 12.5. The maximum Gasteiger partial charge on any atom is 0.326 e. The van der Waals surface area contributed by atoms with Crippen LogP contribution in [0.3, 0.4) is 0 Å². The highest BCUT2D eigenvalue weighted by molar-refractivity contribution is 7.94. The van der Waals surface area contributed by atoms with Crippen LogP contribution < -0.4 is 13.3 Å². The Morgan fingerprint density at radius 1 is 1.00 bits per heavy atom. The Kier molecular flexibility index (Phi) is 5.03. The van der Waals surface area contributed by atoms with Gasteiger partial charge in [0.25, 0.3) is 0 Å². The van der Waals surface area contributed by atoms with E-state index in [1.54, 1.807) is 36.4 Å². The van der Waals surface area contributed by atoms with Gasteiger partial charge in [-0.2, -0.15) is 8.42 Å². The van der Waals surface area contributed by atoms with Gasteiger partial charge in [-0.15, -0.1) is 0 Å². The fraction of sp³-hybridized carbons (Fsp3) is 0.176. The molecular formula is C17H19N3O4S2. The molecule has 0 bridgehead atoms. The first-order valence-corrected chi connectivity index (χ1v) is 10.8. The number of benzene rings is 2. The van der Waals surface area contributed by atoms with Gasteiger partial charge in [0.15, 0.2) is 0 Å². The molecule has 0 radical (unpaired) electrons. The van der Waals surface area contributed by atoms with Gasteiger partial charge in [0.1, 0.15) is 0 Å². The number of hydrogen-bond donors (Lipinski definition) is 1. The third-order valence-corrected chi connectivity index (χ3v) is 6.90. The molecule has 0 fully saturated rings. The van der Waals surface area contributed by atoms with Crippen molar-refractivity contribution in [2.24, 2.45) is 0 Å². The number of hydrogen-bond acceptors (Lipinski definition) is 4. The summed E-state index contributed by atoms with van der Waals surface area (Å²) < 4.78 is 53.9. The van der Waals surface area contributed by atoms with Crippen molar-refractivity contribution in [3.05, 3.63) is 65.6 Å². The summed E-state index contributed by atoms with van der Waals surface area (Å²) in [5, 5.41) is 1.07. The Hall–Kier alpha value is -2.36. The van der Waals surface area contributed by atoms with E-state index in [-0.39, 0.29) is 13.1 Å². The third kappa shape index (κ3) is 3.74. The summed E-state index contributed by atoms with van der Waals surface area (Å²) in [6.07, 6.45) is 1.48. The van der Waals surface area contributed by atoms with Gasteiger partial charge in [0, 0.05) is 25.5 Å². The average Bonchev–Trinajstić information content (AvgIpc) is 2.82. The first-order valence-electron chi connectivity index (χ1n) is 7.90. The number of nitrogens with one attached hydrogen (secondary N) is 1. The molecule has 3 rings (SSSR count). The van der Waals surface area contributed by atoms with Gasteiger partial charge in [-0.1, -0.05) is 42.5 Å². The van der Waals surface area contributed by atoms with Crippen LogP contribution in [0, 0.1) is 0 Å². The second-order valence-corrected chi connectivity index (χ2v) is 9.22. The van der Waals surface area contributed by atoms with Gasteiger partial charge in [0.05, 0.1) is 11.4 Å². The van der Waals surface area contributed by atoms with E-state index >= 15 is 0 Å². The summed E-state index contributed by atoms with van der Waals surface area (Å²) in [5.74, 6) is 0. The lowest BCUT2D eigenvalue weighted by atomic mass is 10.2. The second-order valence-electron chi connectivity index (χ2n) is 5.69. The van der Waals surface area contributed by atoms with Crippen LogP contribution in [-0.2, 0) is 20.2 Å². The molecule has 0 aliphatic carbocycles. The van der Waals surface area contributed by atoms with Crippen LogP contribution in [0.5, 0.6) is 0 Å². The molecule has 9 heteroatoms. The van der Waals surface area contributed by atoms with E-state index in [1.165, 1.54) is 21.7 Å². The van der Waals surface area contributed by atoms with Crippen molar-refractivity contribution in [2.45, 2.75) is 0 Å². The highest BCUT2D eigenvalue weighted by atomic mass is 32.2. The van der Waals surface area contributed by atoms with Crippen molar-refractivity contribution in [1.29, 1.82) is 0 Å².